The number of nitrogens with zero attached hydrogens (tertiary/aromatic N) is 3. The number of aromatic nitrogens is 1. The number of carbonyl (C=O) groups is 1. The number of nitrogens with one attached hydrogen (secondary N) is 1. The number of carbonyl (C=O) groups excluding carboxylic acids is 1. The van der Waals surface area contributed by atoms with Gasteiger partial charge in [-0.05, 0) is 61.4 Å². The van der Waals surface area contributed by atoms with Crippen LogP contribution in [-0.2, 0) is 27.1 Å². The molecule has 0 spiro atoms. The Morgan fingerprint density at radius 2 is 2.11 bits per heavy atom. The normalized spacial score (nSPS) is 22.8. The number of likely N-dealkylation sites (tertiary alicyclic amines) is 1. The van der Waals surface area contributed by atoms with Crippen molar-refractivity contribution < 1.29 is 18.7 Å². The van der Waals surface area contributed by atoms with Crippen LogP contribution in [0.3, 0.4) is 0 Å². The summed E-state index contributed by atoms with van der Waals surface area (Å²) in [7, 11) is 1.43. The lowest BCUT2D eigenvalue weighted by molar-refractivity contribution is -0.141. The number of anilines is 2. The molecule has 2 saturated heterocycles. The van der Waals surface area contributed by atoms with Crippen LogP contribution in [0.25, 0.3) is 0 Å². The Balaban J connectivity index is 1.22. The molecule has 2 aromatic rings. The van der Waals surface area contributed by atoms with Crippen LogP contribution in [0.4, 0.5) is 15.9 Å². The Morgan fingerprint density at radius 1 is 1.24 bits per heavy atom. The van der Waals surface area contributed by atoms with E-state index >= 15 is 4.39 Å². The Hall–Kier alpha value is -2.71. The minimum atomic E-state index is -1.24. The van der Waals surface area contributed by atoms with E-state index in [1.807, 2.05) is 6.07 Å². The fourth-order valence-electron chi connectivity index (χ4n) is 5.82. The molecular formula is C29H39FN4O3. The SMILES string of the molecule is COC(=O)CC(CN1CC[C@@](F)(CCc2ccc3c(n2)NCCC3)C1)c1cccc(N2CCOCC2)c1. The maximum Gasteiger partial charge on any atom is 0.306 e. The summed E-state index contributed by atoms with van der Waals surface area (Å²) in [6.45, 7) is 5.82. The van der Waals surface area contributed by atoms with Crippen molar-refractivity contribution in [2.24, 2.45) is 0 Å². The molecule has 1 unspecified atom stereocenters. The third-order valence-corrected chi connectivity index (χ3v) is 8.00. The zero-order valence-corrected chi connectivity index (χ0v) is 21.9. The zero-order valence-electron chi connectivity index (χ0n) is 21.9. The topological polar surface area (TPSA) is 66.9 Å². The van der Waals surface area contributed by atoms with E-state index in [4.69, 9.17) is 14.5 Å². The monoisotopic (exact) mass is 510 g/mol. The zero-order chi connectivity index (χ0) is 25.7. The van der Waals surface area contributed by atoms with Crippen molar-refractivity contribution in [3.63, 3.8) is 0 Å². The Labute approximate surface area is 219 Å². The average molecular weight is 511 g/mol. The first-order chi connectivity index (χ1) is 18.0. The van der Waals surface area contributed by atoms with Gasteiger partial charge in [0.05, 0.1) is 26.7 Å². The quantitative estimate of drug-likeness (QED) is 0.512. The van der Waals surface area contributed by atoms with Gasteiger partial charge >= 0.3 is 5.97 Å². The fraction of sp³-hybridized carbons (Fsp3) is 0.586. The molecular weight excluding hydrogens is 471 g/mol. The standard InChI is InChI=1S/C29H39FN4O3/c1-36-27(35)19-24(23-4-2-6-26(18-23)34-14-16-37-17-15-34)20-33-13-11-29(30,21-33)10-9-25-8-7-22-5-3-12-31-28(22)32-25/h2,4,6-8,18,24H,3,5,9-17,19-21H2,1H3,(H,31,32)/t24?,29-/m0/s1. The molecule has 8 heteroatoms. The van der Waals surface area contributed by atoms with E-state index in [2.05, 4.69) is 45.4 Å². The number of aryl methyl sites for hydroxylation is 2. The molecule has 5 rings (SSSR count). The Kier molecular flexibility index (Phi) is 8.25. The highest BCUT2D eigenvalue weighted by atomic mass is 19.1. The van der Waals surface area contributed by atoms with E-state index in [-0.39, 0.29) is 18.3 Å². The van der Waals surface area contributed by atoms with E-state index in [1.165, 1.54) is 12.7 Å². The molecule has 1 N–H and O–H groups in total. The molecule has 0 bridgehead atoms. The minimum Gasteiger partial charge on any atom is -0.469 e. The second-order valence-corrected chi connectivity index (χ2v) is 10.6. The number of rotatable bonds is 9. The van der Waals surface area contributed by atoms with Crippen LogP contribution < -0.4 is 10.2 Å². The number of hydrogen-bond donors (Lipinski definition) is 1. The molecule has 37 heavy (non-hydrogen) atoms. The third-order valence-electron chi connectivity index (χ3n) is 8.00. The summed E-state index contributed by atoms with van der Waals surface area (Å²) in [6.07, 6.45) is 4.07. The van der Waals surface area contributed by atoms with Gasteiger partial charge in [-0.15, -0.1) is 0 Å². The molecule has 3 aliphatic rings. The van der Waals surface area contributed by atoms with Gasteiger partial charge < -0.3 is 19.7 Å². The number of halogens is 1. The molecule has 0 saturated carbocycles. The molecule has 200 valence electrons. The van der Waals surface area contributed by atoms with Crippen molar-refractivity contribution >= 4 is 17.5 Å². The lowest BCUT2D eigenvalue weighted by Gasteiger charge is -2.30. The molecule has 0 amide bonds. The summed E-state index contributed by atoms with van der Waals surface area (Å²) in [5.74, 6) is 0.679. The number of pyridine rings is 1. The molecule has 4 heterocycles. The number of hydrogen-bond acceptors (Lipinski definition) is 7. The summed E-state index contributed by atoms with van der Waals surface area (Å²) < 4.78 is 26.4. The minimum absolute atomic E-state index is 0.0517. The summed E-state index contributed by atoms with van der Waals surface area (Å²) in [5, 5.41) is 3.37. The van der Waals surface area contributed by atoms with Crippen LogP contribution in [0.15, 0.2) is 36.4 Å². The smallest absolute Gasteiger partial charge is 0.306 e. The van der Waals surface area contributed by atoms with Gasteiger partial charge in [0.1, 0.15) is 11.5 Å². The van der Waals surface area contributed by atoms with Crippen LogP contribution in [-0.4, -0.2) is 81.1 Å². The van der Waals surface area contributed by atoms with Gasteiger partial charge in [-0.1, -0.05) is 18.2 Å². The molecule has 3 aliphatic heterocycles. The summed E-state index contributed by atoms with van der Waals surface area (Å²) in [6, 6.07) is 12.6. The number of alkyl halides is 1. The summed E-state index contributed by atoms with van der Waals surface area (Å²) >= 11 is 0. The van der Waals surface area contributed by atoms with Crippen LogP contribution in [0.1, 0.15) is 48.4 Å². The highest BCUT2D eigenvalue weighted by Crippen LogP contribution is 2.34. The van der Waals surface area contributed by atoms with Gasteiger partial charge in [0, 0.05) is 56.6 Å². The molecule has 2 fully saturated rings. The van der Waals surface area contributed by atoms with Crippen LogP contribution >= 0.6 is 0 Å². The fourth-order valence-corrected chi connectivity index (χ4v) is 5.82. The first kappa shape index (κ1) is 25.9. The predicted molar refractivity (Wildman–Crippen MR) is 143 cm³/mol. The number of methoxy groups -OCH3 is 1. The van der Waals surface area contributed by atoms with Gasteiger partial charge in [-0.25, -0.2) is 9.37 Å². The molecule has 2 atom stereocenters. The molecule has 1 aromatic heterocycles. The van der Waals surface area contributed by atoms with E-state index in [0.29, 0.717) is 38.9 Å². The van der Waals surface area contributed by atoms with Crippen molar-refractivity contribution in [3.05, 3.63) is 53.2 Å². The highest BCUT2D eigenvalue weighted by Gasteiger charge is 2.39. The van der Waals surface area contributed by atoms with Gasteiger partial charge in [-0.3, -0.25) is 9.69 Å². The van der Waals surface area contributed by atoms with Crippen molar-refractivity contribution in [1.82, 2.24) is 9.88 Å². The van der Waals surface area contributed by atoms with E-state index in [0.717, 1.165) is 68.5 Å². The first-order valence-electron chi connectivity index (χ1n) is 13.6. The number of fused-ring (bicyclic) bond motifs is 1. The lowest BCUT2D eigenvalue weighted by Crippen LogP contribution is -2.36. The second kappa shape index (κ2) is 11.8. The molecule has 7 nitrogen and oxygen atoms in total. The Morgan fingerprint density at radius 3 is 2.95 bits per heavy atom. The average Bonchev–Trinajstić information content (AvgIpc) is 3.32. The number of morpholine rings is 1. The van der Waals surface area contributed by atoms with Crippen LogP contribution in [0, 0.1) is 0 Å². The van der Waals surface area contributed by atoms with Gasteiger partial charge in [0.2, 0.25) is 0 Å². The maximum atomic E-state index is 15.9. The van der Waals surface area contributed by atoms with Crippen LogP contribution in [0.2, 0.25) is 0 Å². The highest BCUT2D eigenvalue weighted by molar-refractivity contribution is 5.70. The van der Waals surface area contributed by atoms with Crippen molar-refractivity contribution in [3.8, 4) is 0 Å². The number of esters is 1. The van der Waals surface area contributed by atoms with Gasteiger partial charge in [0.15, 0.2) is 0 Å². The number of ether oxygens (including phenoxy) is 2. The van der Waals surface area contributed by atoms with Crippen molar-refractivity contribution in [2.75, 3.05) is 69.8 Å². The number of benzene rings is 1. The second-order valence-electron chi connectivity index (χ2n) is 10.6. The van der Waals surface area contributed by atoms with Gasteiger partial charge in [0.25, 0.3) is 0 Å². The van der Waals surface area contributed by atoms with E-state index in [9.17, 15) is 4.79 Å². The molecule has 1 aromatic carbocycles. The maximum absolute atomic E-state index is 15.9. The predicted octanol–water partition coefficient (Wildman–Crippen LogP) is 3.97. The Bertz CT molecular complexity index is 1080. The van der Waals surface area contributed by atoms with E-state index < -0.39 is 5.67 Å². The van der Waals surface area contributed by atoms with E-state index in [1.54, 1.807) is 0 Å². The molecule has 0 radical (unpaired) electrons. The third kappa shape index (κ3) is 6.60. The van der Waals surface area contributed by atoms with Crippen molar-refractivity contribution in [2.45, 2.75) is 50.1 Å². The largest absolute Gasteiger partial charge is 0.469 e. The molecule has 0 aliphatic carbocycles. The summed E-state index contributed by atoms with van der Waals surface area (Å²) in [4.78, 5) is 21.5. The summed E-state index contributed by atoms with van der Waals surface area (Å²) in [5.41, 5.74) is 3.20. The van der Waals surface area contributed by atoms with Gasteiger partial charge in [-0.2, -0.15) is 0 Å². The lowest BCUT2D eigenvalue weighted by atomic mass is 9.94. The van der Waals surface area contributed by atoms with Crippen molar-refractivity contribution in [1.29, 1.82) is 0 Å². The van der Waals surface area contributed by atoms with Crippen LogP contribution in [0.5, 0.6) is 0 Å². The first-order valence-corrected chi connectivity index (χ1v) is 13.6.